The van der Waals surface area contributed by atoms with Gasteiger partial charge in [0.25, 0.3) is 0 Å². The van der Waals surface area contributed by atoms with Crippen molar-refractivity contribution in [3.05, 3.63) is 45.9 Å². The van der Waals surface area contributed by atoms with E-state index < -0.39 is 5.76 Å². The molecule has 2 aromatic heterocycles. The van der Waals surface area contributed by atoms with Crippen molar-refractivity contribution in [1.29, 1.82) is 0 Å². The topological polar surface area (TPSA) is 80.4 Å². The van der Waals surface area contributed by atoms with Crippen LogP contribution in [0.5, 0.6) is 0 Å². The van der Waals surface area contributed by atoms with E-state index in [2.05, 4.69) is 29.0 Å². The number of anilines is 1. The van der Waals surface area contributed by atoms with E-state index in [1.54, 1.807) is 24.3 Å². The lowest BCUT2D eigenvalue weighted by atomic mass is 9.92. The molecule has 4 rings (SSSR count). The molecule has 1 saturated heterocycles. The fourth-order valence-electron chi connectivity index (χ4n) is 4.05. The smallest absolute Gasteiger partial charge is 0.408 e. The van der Waals surface area contributed by atoms with Crippen molar-refractivity contribution in [2.75, 3.05) is 18.4 Å². The minimum Gasteiger partial charge on any atom is -0.408 e. The fraction of sp³-hybridized carbons (Fsp3) is 0.450. The van der Waals surface area contributed by atoms with Crippen LogP contribution in [0.15, 0.2) is 38.9 Å². The standard InChI is InChI=1S/C20H24N4O3S/c1-13-7-14(2)9-23(8-13)10-15-12-28-19(21-15)22-18(25)11-24-16-5-3-4-6-17(16)27-20(24)26/h3-6,12-14H,7-11H2,1-2H3,(H,21,22,25). The van der Waals surface area contributed by atoms with E-state index in [1.807, 2.05) is 5.38 Å². The molecular weight excluding hydrogens is 376 g/mol. The van der Waals surface area contributed by atoms with Gasteiger partial charge >= 0.3 is 5.76 Å². The van der Waals surface area contributed by atoms with Gasteiger partial charge in [-0.2, -0.15) is 0 Å². The number of rotatable bonds is 5. The van der Waals surface area contributed by atoms with Crippen LogP contribution in [0, 0.1) is 11.8 Å². The number of benzene rings is 1. The maximum Gasteiger partial charge on any atom is 0.420 e. The molecule has 7 nitrogen and oxygen atoms in total. The van der Waals surface area contributed by atoms with Crippen LogP contribution in [0.4, 0.5) is 5.13 Å². The van der Waals surface area contributed by atoms with Gasteiger partial charge in [0, 0.05) is 25.0 Å². The third-order valence-corrected chi connectivity index (χ3v) is 5.81. The Kier molecular flexibility index (Phi) is 5.32. The van der Waals surface area contributed by atoms with E-state index in [0.29, 0.717) is 28.1 Å². The van der Waals surface area contributed by atoms with Crippen molar-refractivity contribution in [3.63, 3.8) is 0 Å². The first-order chi connectivity index (χ1) is 13.5. The lowest BCUT2D eigenvalue weighted by molar-refractivity contribution is -0.116. The number of nitrogens with zero attached hydrogens (tertiary/aromatic N) is 3. The molecule has 1 amide bonds. The number of hydrogen-bond acceptors (Lipinski definition) is 6. The van der Waals surface area contributed by atoms with Gasteiger partial charge in [0.05, 0.1) is 11.2 Å². The van der Waals surface area contributed by atoms with Gasteiger partial charge in [-0.15, -0.1) is 11.3 Å². The van der Waals surface area contributed by atoms with Crippen LogP contribution in [0.3, 0.4) is 0 Å². The van der Waals surface area contributed by atoms with Crippen molar-refractivity contribution in [3.8, 4) is 0 Å². The highest BCUT2D eigenvalue weighted by molar-refractivity contribution is 7.13. The minimum absolute atomic E-state index is 0.105. The number of aromatic nitrogens is 2. The summed E-state index contributed by atoms with van der Waals surface area (Å²) in [5.74, 6) is 0.564. The van der Waals surface area contributed by atoms with Crippen LogP contribution < -0.4 is 11.1 Å². The first-order valence-corrected chi connectivity index (χ1v) is 10.4. The molecule has 0 aliphatic carbocycles. The Morgan fingerprint density at radius 1 is 1.29 bits per heavy atom. The molecule has 28 heavy (non-hydrogen) atoms. The van der Waals surface area contributed by atoms with E-state index in [9.17, 15) is 9.59 Å². The van der Waals surface area contributed by atoms with Gasteiger partial charge in [0.1, 0.15) is 6.54 Å². The zero-order chi connectivity index (χ0) is 19.7. The van der Waals surface area contributed by atoms with E-state index in [0.717, 1.165) is 25.3 Å². The maximum atomic E-state index is 12.4. The number of likely N-dealkylation sites (tertiary alicyclic amines) is 1. The summed E-state index contributed by atoms with van der Waals surface area (Å²) in [5, 5.41) is 5.34. The van der Waals surface area contributed by atoms with Gasteiger partial charge in [-0.25, -0.2) is 9.78 Å². The van der Waals surface area contributed by atoms with Gasteiger partial charge < -0.3 is 9.73 Å². The Hall–Kier alpha value is -2.45. The molecule has 1 aliphatic heterocycles. The molecule has 1 N–H and O–H groups in total. The number of oxazole rings is 1. The minimum atomic E-state index is -0.537. The molecule has 1 fully saturated rings. The second-order valence-corrected chi connectivity index (χ2v) is 8.61. The SMILES string of the molecule is CC1CC(C)CN(Cc2csc(NC(=O)Cn3c(=O)oc4ccccc43)n2)C1. The van der Waals surface area contributed by atoms with Crippen LogP contribution in [0.1, 0.15) is 26.0 Å². The Morgan fingerprint density at radius 2 is 2.04 bits per heavy atom. The number of carbonyl (C=O) groups is 1. The third-order valence-electron chi connectivity index (χ3n) is 5.00. The lowest BCUT2D eigenvalue weighted by Crippen LogP contribution is -2.38. The number of para-hydroxylation sites is 2. The van der Waals surface area contributed by atoms with Gasteiger partial charge in [-0.3, -0.25) is 14.3 Å². The maximum absolute atomic E-state index is 12.4. The number of nitrogens with one attached hydrogen (secondary N) is 1. The zero-order valence-corrected chi connectivity index (χ0v) is 16.9. The van der Waals surface area contributed by atoms with E-state index >= 15 is 0 Å². The molecule has 0 spiro atoms. The molecule has 0 saturated carbocycles. The summed E-state index contributed by atoms with van der Waals surface area (Å²) in [5.41, 5.74) is 2.05. The van der Waals surface area contributed by atoms with Gasteiger partial charge in [0.15, 0.2) is 10.7 Å². The molecule has 1 aromatic carbocycles. The highest BCUT2D eigenvalue weighted by Gasteiger charge is 2.22. The largest absolute Gasteiger partial charge is 0.420 e. The Bertz CT molecular complexity index is 1030. The Balaban J connectivity index is 1.39. The second kappa shape index (κ2) is 7.89. The van der Waals surface area contributed by atoms with Crippen molar-refractivity contribution in [2.24, 2.45) is 11.8 Å². The fourth-order valence-corrected chi connectivity index (χ4v) is 4.77. The average molecular weight is 401 g/mol. The molecule has 8 heteroatoms. The van der Waals surface area contributed by atoms with E-state index in [4.69, 9.17) is 4.42 Å². The molecule has 148 valence electrons. The normalized spacial score (nSPS) is 20.5. The number of hydrogen-bond donors (Lipinski definition) is 1. The summed E-state index contributed by atoms with van der Waals surface area (Å²) in [4.78, 5) is 31.4. The zero-order valence-electron chi connectivity index (χ0n) is 16.1. The van der Waals surface area contributed by atoms with Crippen LogP contribution in [-0.4, -0.2) is 33.4 Å². The second-order valence-electron chi connectivity index (χ2n) is 7.75. The van der Waals surface area contributed by atoms with Crippen molar-refractivity contribution in [2.45, 2.75) is 33.4 Å². The number of thiazole rings is 1. The quantitative estimate of drug-likeness (QED) is 0.712. The first kappa shape index (κ1) is 18.9. The molecule has 3 heterocycles. The highest BCUT2D eigenvalue weighted by Crippen LogP contribution is 2.24. The molecule has 0 bridgehead atoms. The van der Waals surface area contributed by atoms with Crippen LogP contribution in [0.2, 0.25) is 0 Å². The van der Waals surface area contributed by atoms with Crippen LogP contribution in [0.25, 0.3) is 11.1 Å². The first-order valence-electron chi connectivity index (χ1n) is 9.53. The highest BCUT2D eigenvalue weighted by atomic mass is 32.1. The van der Waals surface area contributed by atoms with Gasteiger partial charge in [-0.1, -0.05) is 26.0 Å². The number of piperidine rings is 1. The Morgan fingerprint density at radius 3 is 2.82 bits per heavy atom. The van der Waals surface area contributed by atoms with Crippen LogP contribution in [-0.2, 0) is 17.9 Å². The molecule has 1 aliphatic rings. The van der Waals surface area contributed by atoms with Crippen molar-refractivity contribution >= 4 is 33.5 Å². The summed E-state index contributed by atoms with van der Waals surface area (Å²) in [6, 6.07) is 7.06. The molecule has 2 atom stereocenters. The molecular formula is C20H24N4O3S. The summed E-state index contributed by atoms with van der Waals surface area (Å²) >= 11 is 1.41. The number of fused-ring (bicyclic) bond motifs is 1. The van der Waals surface area contributed by atoms with Gasteiger partial charge in [0.2, 0.25) is 5.91 Å². The molecule has 3 aromatic rings. The third kappa shape index (κ3) is 4.18. The number of carbonyl (C=O) groups excluding carboxylic acids is 1. The van der Waals surface area contributed by atoms with Gasteiger partial charge in [-0.05, 0) is 30.4 Å². The predicted octanol–water partition coefficient (Wildman–Crippen LogP) is 3.17. The predicted molar refractivity (Wildman–Crippen MR) is 109 cm³/mol. The summed E-state index contributed by atoms with van der Waals surface area (Å²) in [6.07, 6.45) is 1.27. The summed E-state index contributed by atoms with van der Waals surface area (Å²) < 4.78 is 6.49. The Labute approximate surface area is 167 Å². The summed E-state index contributed by atoms with van der Waals surface area (Å²) in [6.45, 7) is 7.44. The lowest BCUT2D eigenvalue weighted by Gasteiger charge is -2.34. The monoisotopic (exact) mass is 400 g/mol. The van der Waals surface area contributed by atoms with E-state index in [-0.39, 0.29) is 12.5 Å². The summed E-state index contributed by atoms with van der Waals surface area (Å²) in [7, 11) is 0. The molecule has 0 radical (unpaired) electrons. The van der Waals surface area contributed by atoms with E-state index in [1.165, 1.54) is 22.3 Å². The average Bonchev–Trinajstić information content (AvgIpc) is 3.18. The molecule has 2 unspecified atom stereocenters. The van der Waals surface area contributed by atoms with Crippen molar-refractivity contribution < 1.29 is 9.21 Å². The van der Waals surface area contributed by atoms with Crippen molar-refractivity contribution in [1.82, 2.24) is 14.5 Å². The number of amides is 1. The van der Waals surface area contributed by atoms with Crippen LogP contribution >= 0.6 is 11.3 Å².